The van der Waals surface area contributed by atoms with E-state index in [1.807, 2.05) is 13.8 Å². The Kier molecular flexibility index (Phi) is 21.6. The van der Waals surface area contributed by atoms with Crippen LogP contribution in [-0.2, 0) is 31.5 Å². The summed E-state index contributed by atoms with van der Waals surface area (Å²) in [6.07, 6.45) is -0.970. The minimum Gasteiger partial charge on any atom is -0.481 e. The maximum Gasteiger partial charge on any atom is 0.435 e. The molecule has 0 radical (unpaired) electrons. The minimum absolute atomic E-state index is 0.0351. The van der Waals surface area contributed by atoms with E-state index in [1.54, 1.807) is 65.6 Å². The predicted octanol–water partition coefficient (Wildman–Crippen LogP) is 7.85. The number of para-hydroxylation sites is 2. The van der Waals surface area contributed by atoms with Crippen LogP contribution < -0.4 is 16.0 Å². The van der Waals surface area contributed by atoms with Gasteiger partial charge in [-0.05, 0) is 88.7 Å². The van der Waals surface area contributed by atoms with E-state index in [4.69, 9.17) is 5.11 Å². The summed E-state index contributed by atoms with van der Waals surface area (Å²) in [5.41, 5.74) is -2.76. The zero-order valence-electron chi connectivity index (χ0n) is 38.7. The molecule has 2 aromatic carbocycles. The molecule has 2 fully saturated rings. The Balaban J connectivity index is 0.000000271. The molecule has 0 bridgehead atoms. The van der Waals surface area contributed by atoms with Crippen molar-refractivity contribution in [3.05, 3.63) is 95.6 Å². The van der Waals surface area contributed by atoms with Gasteiger partial charge in [0, 0.05) is 76.1 Å². The van der Waals surface area contributed by atoms with Gasteiger partial charge in [-0.25, -0.2) is 9.36 Å². The number of Topliss-reactive ketones (excluding diaryl/α,β-unsaturated/α-hetero) is 2. The van der Waals surface area contributed by atoms with Gasteiger partial charge in [-0.15, -0.1) is 0 Å². The highest BCUT2D eigenvalue weighted by Crippen LogP contribution is 2.33. The van der Waals surface area contributed by atoms with Gasteiger partial charge in [0.2, 0.25) is 5.91 Å². The van der Waals surface area contributed by atoms with Gasteiger partial charge in [-0.1, -0.05) is 50.2 Å². The summed E-state index contributed by atoms with van der Waals surface area (Å²) < 4.78 is 82.4. The van der Waals surface area contributed by atoms with Crippen LogP contribution in [0.5, 0.6) is 0 Å². The molecule has 0 spiro atoms. The first-order valence-electron chi connectivity index (χ1n) is 23.1. The van der Waals surface area contributed by atoms with Gasteiger partial charge < -0.3 is 26.0 Å². The molecule has 3 amide bonds. The fourth-order valence-corrected chi connectivity index (χ4v) is 7.63. The number of aliphatic carboxylic acids is 1. The lowest BCUT2D eigenvalue weighted by Gasteiger charge is -2.31. The van der Waals surface area contributed by atoms with Crippen molar-refractivity contribution in [2.75, 3.05) is 39.3 Å². The second-order valence-corrected chi connectivity index (χ2v) is 16.6. The molecule has 0 unspecified atom stereocenters. The summed E-state index contributed by atoms with van der Waals surface area (Å²) in [7, 11) is 0. The molecule has 2 aliphatic rings. The van der Waals surface area contributed by atoms with E-state index < -0.39 is 52.7 Å². The molecule has 376 valence electrons. The zero-order valence-corrected chi connectivity index (χ0v) is 38.7. The predicted molar refractivity (Wildman–Crippen MR) is 243 cm³/mol. The van der Waals surface area contributed by atoms with Crippen LogP contribution in [0.4, 0.5) is 26.3 Å². The SMILES string of the molecule is CCCC(=O)N1CCC(C(=O)CCCNC(=O)c2cn(-c3ccccc3)nc2C(F)(F)F)CC1.CCCC(=O)O.O=C(NCCCC(=O)C1CCNCC1)c1cn(-c2ccccc2)nc1C(F)(F)F. The number of hydrogen-bond donors (Lipinski definition) is 4. The first kappa shape index (κ1) is 55.2. The van der Waals surface area contributed by atoms with Crippen LogP contribution in [0.1, 0.15) is 123 Å². The maximum atomic E-state index is 13.4. The third kappa shape index (κ3) is 17.6. The van der Waals surface area contributed by atoms with Crippen LogP contribution in [0.25, 0.3) is 11.4 Å². The zero-order chi connectivity index (χ0) is 50.6. The van der Waals surface area contributed by atoms with Crippen molar-refractivity contribution in [3.8, 4) is 11.4 Å². The first-order chi connectivity index (χ1) is 32.8. The molecule has 4 N–H and O–H groups in total. The van der Waals surface area contributed by atoms with Crippen molar-refractivity contribution >= 4 is 35.3 Å². The Bertz CT molecular complexity index is 2290. The molecule has 69 heavy (non-hydrogen) atoms. The van der Waals surface area contributed by atoms with Crippen molar-refractivity contribution in [2.45, 2.75) is 103 Å². The van der Waals surface area contributed by atoms with Crippen LogP contribution in [0, 0.1) is 11.8 Å². The standard InChI is InChI=1S/C24H29F3N4O3.C20H23F3N4O2.C4H8O2/c1-2-7-21(33)30-14-11-17(12-15-30)20(32)10-6-13-28-23(34)19-16-31(18-8-4-3-5-9-18)29-22(19)24(25,26)27;21-20(22,23)18-16(13-27(26-18)15-5-2-1-3-6-15)19(29)25-10-4-7-17(28)14-8-11-24-12-9-14;1-2-3-4(5)6/h3-5,8-9,16-17H,2,6-7,10-15H2,1H3,(H,28,34);1-3,5-6,13-14,24H,4,7-12H2,(H,25,29);2-3H2,1H3,(H,5,6). The average molecular weight is 975 g/mol. The lowest BCUT2D eigenvalue weighted by Crippen LogP contribution is -2.40. The molecule has 2 saturated heterocycles. The molecule has 6 rings (SSSR count). The first-order valence-corrected chi connectivity index (χ1v) is 23.1. The highest BCUT2D eigenvalue weighted by atomic mass is 19.4. The molecule has 2 aliphatic heterocycles. The van der Waals surface area contributed by atoms with Crippen molar-refractivity contribution in [3.63, 3.8) is 0 Å². The van der Waals surface area contributed by atoms with E-state index in [-0.39, 0.29) is 48.8 Å². The number of likely N-dealkylation sites (tertiary alicyclic amines) is 1. The normalized spacial score (nSPS) is 14.4. The van der Waals surface area contributed by atoms with E-state index >= 15 is 0 Å². The van der Waals surface area contributed by atoms with Crippen LogP contribution in [-0.4, -0.2) is 104 Å². The second kappa shape index (κ2) is 27.0. The number of carboxylic acids is 1. The number of rotatable bonds is 18. The Morgan fingerprint density at radius 2 is 1.03 bits per heavy atom. The third-order valence-electron chi connectivity index (χ3n) is 11.3. The van der Waals surface area contributed by atoms with E-state index in [0.29, 0.717) is 69.4 Å². The number of halogens is 6. The van der Waals surface area contributed by atoms with Crippen molar-refractivity contribution in [2.24, 2.45) is 11.8 Å². The number of hydrogen-bond acceptors (Lipinski definition) is 9. The summed E-state index contributed by atoms with van der Waals surface area (Å²) in [4.78, 5) is 72.8. The average Bonchev–Trinajstić information content (AvgIpc) is 4.01. The van der Waals surface area contributed by atoms with Crippen molar-refractivity contribution in [1.29, 1.82) is 0 Å². The lowest BCUT2D eigenvalue weighted by atomic mass is 9.90. The molecule has 21 heteroatoms. The van der Waals surface area contributed by atoms with E-state index in [0.717, 1.165) is 60.5 Å². The molecule has 0 saturated carbocycles. The van der Waals surface area contributed by atoms with Gasteiger partial charge in [-0.2, -0.15) is 36.5 Å². The molecular weight excluding hydrogens is 915 g/mol. The summed E-state index contributed by atoms with van der Waals surface area (Å²) in [6, 6.07) is 16.5. The summed E-state index contributed by atoms with van der Waals surface area (Å²) in [6.45, 7) is 6.77. The van der Waals surface area contributed by atoms with Crippen LogP contribution in [0.15, 0.2) is 73.1 Å². The van der Waals surface area contributed by atoms with Gasteiger partial charge in [0.15, 0.2) is 11.4 Å². The molecule has 0 atom stereocenters. The topological polar surface area (TPSA) is 198 Å². The number of nitrogens with one attached hydrogen (secondary N) is 3. The number of nitrogens with zero attached hydrogens (tertiary/aromatic N) is 5. The summed E-state index contributed by atoms with van der Waals surface area (Å²) >= 11 is 0. The molecule has 15 nitrogen and oxygen atoms in total. The van der Waals surface area contributed by atoms with Crippen molar-refractivity contribution in [1.82, 2.24) is 40.4 Å². The third-order valence-corrected chi connectivity index (χ3v) is 11.3. The molecule has 2 aromatic heterocycles. The van der Waals surface area contributed by atoms with Gasteiger partial charge >= 0.3 is 18.3 Å². The monoisotopic (exact) mass is 974 g/mol. The number of benzene rings is 2. The Morgan fingerprint density at radius 3 is 1.39 bits per heavy atom. The number of ketones is 2. The fraction of sp³-hybridized carbons (Fsp3) is 0.500. The van der Waals surface area contributed by atoms with Gasteiger partial charge in [0.1, 0.15) is 11.6 Å². The van der Waals surface area contributed by atoms with E-state index in [2.05, 4.69) is 26.1 Å². The quantitative estimate of drug-likeness (QED) is 0.0563. The minimum atomic E-state index is -4.78. The second-order valence-electron chi connectivity index (χ2n) is 16.6. The number of carbonyl (C=O) groups excluding carboxylic acids is 5. The fourth-order valence-electron chi connectivity index (χ4n) is 7.63. The maximum absolute atomic E-state index is 13.4. The number of carboxylic acid groups (broad SMARTS) is 1. The van der Waals surface area contributed by atoms with Gasteiger partial charge in [0.25, 0.3) is 11.8 Å². The Morgan fingerprint density at radius 1 is 0.623 bits per heavy atom. The lowest BCUT2D eigenvalue weighted by molar-refractivity contribution is -0.142. The summed E-state index contributed by atoms with van der Waals surface area (Å²) in [5.74, 6) is -2.21. The number of carbonyl (C=O) groups is 6. The summed E-state index contributed by atoms with van der Waals surface area (Å²) in [5, 5.41) is 23.2. The Hall–Kier alpha value is -6.38. The van der Waals surface area contributed by atoms with Crippen LogP contribution >= 0.6 is 0 Å². The van der Waals surface area contributed by atoms with E-state index in [9.17, 15) is 55.1 Å². The number of piperidine rings is 2. The van der Waals surface area contributed by atoms with Crippen molar-refractivity contribution < 1.29 is 60.2 Å². The van der Waals surface area contributed by atoms with E-state index in [1.165, 1.54) is 0 Å². The molecule has 4 heterocycles. The van der Waals surface area contributed by atoms with Gasteiger partial charge in [0.05, 0.1) is 22.5 Å². The number of alkyl halides is 6. The highest BCUT2D eigenvalue weighted by molar-refractivity contribution is 5.96. The Labute approximate surface area is 396 Å². The van der Waals surface area contributed by atoms with Gasteiger partial charge in [-0.3, -0.25) is 28.8 Å². The number of aromatic nitrogens is 4. The van der Waals surface area contributed by atoms with Crippen LogP contribution in [0.2, 0.25) is 0 Å². The molecule has 0 aliphatic carbocycles. The molecular formula is C48H60F6N8O7. The number of amides is 3. The van der Waals surface area contributed by atoms with Crippen LogP contribution in [0.3, 0.4) is 0 Å². The molecule has 4 aromatic rings. The highest BCUT2D eigenvalue weighted by Gasteiger charge is 2.40. The smallest absolute Gasteiger partial charge is 0.435 e. The largest absolute Gasteiger partial charge is 0.481 e.